The fourth-order valence-electron chi connectivity index (χ4n) is 3.17. The van der Waals surface area contributed by atoms with Crippen molar-refractivity contribution in [1.29, 1.82) is 0 Å². The Labute approximate surface area is 135 Å². The van der Waals surface area contributed by atoms with E-state index in [1.54, 1.807) is 7.11 Å². The average Bonchev–Trinajstić information content (AvgIpc) is 3.11. The van der Waals surface area contributed by atoms with Gasteiger partial charge in [0.2, 0.25) is 5.91 Å². The number of nitrogens with two attached hydrogens (primary N) is 1. The van der Waals surface area contributed by atoms with Gasteiger partial charge in [0.1, 0.15) is 5.75 Å². The zero-order chi connectivity index (χ0) is 16.2. The lowest BCUT2D eigenvalue weighted by Crippen LogP contribution is -2.41. The van der Waals surface area contributed by atoms with Crippen LogP contribution in [0.15, 0.2) is 30.5 Å². The van der Waals surface area contributed by atoms with Crippen molar-refractivity contribution in [2.45, 2.75) is 18.8 Å². The van der Waals surface area contributed by atoms with Crippen molar-refractivity contribution in [3.63, 3.8) is 0 Å². The molecule has 0 spiro atoms. The van der Waals surface area contributed by atoms with Gasteiger partial charge in [-0.15, -0.1) is 0 Å². The Balaban J connectivity index is 1.78. The van der Waals surface area contributed by atoms with E-state index in [9.17, 15) is 4.79 Å². The Hall–Kier alpha value is -2.34. The van der Waals surface area contributed by atoms with E-state index in [1.165, 1.54) is 0 Å². The summed E-state index contributed by atoms with van der Waals surface area (Å²) in [5.41, 5.74) is 8.77. The van der Waals surface area contributed by atoms with Crippen molar-refractivity contribution in [1.82, 2.24) is 15.1 Å². The molecule has 1 saturated heterocycles. The number of rotatable bonds is 4. The van der Waals surface area contributed by atoms with Crippen molar-refractivity contribution >= 4 is 5.91 Å². The van der Waals surface area contributed by atoms with Crippen LogP contribution in [-0.4, -0.2) is 47.7 Å². The van der Waals surface area contributed by atoms with E-state index in [2.05, 4.69) is 16.3 Å². The molecule has 3 N–H and O–H groups in total. The summed E-state index contributed by atoms with van der Waals surface area (Å²) in [6.07, 6.45) is 3.71. The first kappa shape index (κ1) is 15.6. The molecule has 1 amide bonds. The summed E-state index contributed by atoms with van der Waals surface area (Å²) >= 11 is 0. The maximum Gasteiger partial charge on any atom is 0.236 e. The minimum Gasteiger partial charge on any atom is -0.497 e. The van der Waals surface area contributed by atoms with Gasteiger partial charge in [-0.05, 0) is 30.5 Å². The van der Waals surface area contributed by atoms with Gasteiger partial charge in [-0.1, -0.05) is 12.1 Å². The number of carbonyl (C=O) groups excluding carboxylic acids is 1. The van der Waals surface area contributed by atoms with Crippen LogP contribution in [0.25, 0.3) is 11.1 Å². The number of hydrogen-bond donors (Lipinski definition) is 2. The second-order valence-electron chi connectivity index (χ2n) is 5.79. The van der Waals surface area contributed by atoms with Gasteiger partial charge in [0.15, 0.2) is 0 Å². The van der Waals surface area contributed by atoms with Gasteiger partial charge in [0.25, 0.3) is 0 Å². The third-order valence-corrected chi connectivity index (χ3v) is 4.48. The molecule has 2 aromatic rings. The number of aromatic nitrogens is 2. The summed E-state index contributed by atoms with van der Waals surface area (Å²) < 4.78 is 5.30. The van der Waals surface area contributed by atoms with Gasteiger partial charge in [-0.25, -0.2) is 0 Å². The number of likely N-dealkylation sites (tertiary alicyclic amines) is 1. The predicted octanol–water partition coefficient (Wildman–Crippen LogP) is 1.75. The van der Waals surface area contributed by atoms with E-state index >= 15 is 0 Å². The molecule has 1 aromatic heterocycles. The third kappa shape index (κ3) is 3.22. The minimum atomic E-state index is 0.0288. The lowest BCUT2D eigenvalue weighted by atomic mass is 9.89. The largest absolute Gasteiger partial charge is 0.497 e. The summed E-state index contributed by atoms with van der Waals surface area (Å²) in [6.45, 7) is 1.58. The first-order valence-corrected chi connectivity index (χ1v) is 7.88. The number of H-pyrrole nitrogens is 1. The molecule has 122 valence electrons. The molecule has 0 atom stereocenters. The van der Waals surface area contributed by atoms with E-state index in [4.69, 9.17) is 10.5 Å². The molecule has 0 aliphatic carbocycles. The Morgan fingerprint density at radius 3 is 2.91 bits per heavy atom. The first-order valence-electron chi connectivity index (χ1n) is 7.88. The average molecular weight is 314 g/mol. The molecule has 1 fully saturated rings. The van der Waals surface area contributed by atoms with E-state index in [1.807, 2.05) is 29.3 Å². The Morgan fingerprint density at radius 1 is 1.43 bits per heavy atom. The molecule has 0 saturated carbocycles. The highest BCUT2D eigenvalue weighted by atomic mass is 16.5. The van der Waals surface area contributed by atoms with Crippen molar-refractivity contribution in [2.24, 2.45) is 5.73 Å². The number of nitrogens with one attached hydrogen (secondary N) is 1. The maximum atomic E-state index is 11.7. The molecule has 3 rings (SSSR count). The van der Waals surface area contributed by atoms with Gasteiger partial charge in [0, 0.05) is 30.3 Å². The van der Waals surface area contributed by atoms with Gasteiger partial charge in [-0.3, -0.25) is 9.89 Å². The number of ether oxygens (including phenoxy) is 1. The van der Waals surface area contributed by atoms with Crippen LogP contribution in [0, 0.1) is 0 Å². The van der Waals surface area contributed by atoms with Crippen LogP contribution < -0.4 is 10.5 Å². The molecule has 1 aromatic carbocycles. The molecule has 0 radical (unpaired) electrons. The van der Waals surface area contributed by atoms with Crippen LogP contribution in [0.3, 0.4) is 0 Å². The van der Waals surface area contributed by atoms with Crippen molar-refractivity contribution < 1.29 is 9.53 Å². The number of methoxy groups -OCH3 is 1. The zero-order valence-electron chi connectivity index (χ0n) is 13.3. The number of amides is 1. The molecule has 1 aliphatic rings. The van der Waals surface area contributed by atoms with Crippen molar-refractivity contribution in [2.75, 3.05) is 26.7 Å². The summed E-state index contributed by atoms with van der Waals surface area (Å²) in [7, 11) is 1.67. The molecule has 0 bridgehead atoms. The highest BCUT2D eigenvalue weighted by Gasteiger charge is 2.26. The molecule has 1 aliphatic heterocycles. The highest BCUT2D eigenvalue weighted by Crippen LogP contribution is 2.34. The summed E-state index contributed by atoms with van der Waals surface area (Å²) in [6, 6.07) is 7.99. The van der Waals surface area contributed by atoms with Crippen LogP contribution >= 0.6 is 0 Å². The lowest BCUT2D eigenvalue weighted by molar-refractivity contribution is -0.130. The Kier molecular flexibility index (Phi) is 4.62. The number of nitrogens with zero attached hydrogens (tertiary/aromatic N) is 2. The Bertz CT molecular complexity index is 675. The molecule has 6 nitrogen and oxygen atoms in total. The van der Waals surface area contributed by atoms with Crippen LogP contribution in [0.2, 0.25) is 0 Å². The van der Waals surface area contributed by atoms with E-state index in [0.717, 1.165) is 48.5 Å². The van der Waals surface area contributed by atoms with Gasteiger partial charge in [-0.2, -0.15) is 5.10 Å². The van der Waals surface area contributed by atoms with Gasteiger partial charge in [0.05, 0.1) is 19.9 Å². The maximum absolute atomic E-state index is 11.7. The molecule has 23 heavy (non-hydrogen) atoms. The number of benzene rings is 1. The van der Waals surface area contributed by atoms with Gasteiger partial charge < -0.3 is 15.4 Å². The second kappa shape index (κ2) is 6.83. The first-order chi connectivity index (χ1) is 11.2. The highest BCUT2D eigenvalue weighted by molar-refractivity contribution is 5.78. The predicted molar refractivity (Wildman–Crippen MR) is 88.2 cm³/mol. The zero-order valence-corrected chi connectivity index (χ0v) is 13.3. The molecule has 2 heterocycles. The number of aromatic amines is 1. The summed E-state index contributed by atoms with van der Waals surface area (Å²) in [4.78, 5) is 13.5. The smallest absolute Gasteiger partial charge is 0.236 e. The Morgan fingerprint density at radius 2 is 2.22 bits per heavy atom. The SMILES string of the molecule is COc1cccc(-c2cn[nH]c2C2CCN(C(=O)CN)CC2)c1. The summed E-state index contributed by atoms with van der Waals surface area (Å²) in [5, 5.41) is 7.38. The van der Waals surface area contributed by atoms with E-state index < -0.39 is 0 Å². The van der Waals surface area contributed by atoms with Crippen molar-refractivity contribution in [3.8, 4) is 16.9 Å². The van der Waals surface area contributed by atoms with Crippen LogP contribution in [0.4, 0.5) is 0 Å². The van der Waals surface area contributed by atoms with Crippen LogP contribution in [0.5, 0.6) is 5.75 Å². The number of carbonyl (C=O) groups is 1. The third-order valence-electron chi connectivity index (χ3n) is 4.48. The van der Waals surface area contributed by atoms with Crippen LogP contribution in [-0.2, 0) is 4.79 Å². The number of hydrogen-bond acceptors (Lipinski definition) is 4. The molecule has 6 heteroatoms. The number of piperidine rings is 1. The summed E-state index contributed by atoms with van der Waals surface area (Å²) in [5.74, 6) is 1.24. The van der Waals surface area contributed by atoms with Gasteiger partial charge >= 0.3 is 0 Å². The normalized spacial score (nSPS) is 15.7. The standard InChI is InChI=1S/C17H22N4O2/c1-23-14-4-2-3-13(9-14)15-11-19-20-17(15)12-5-7-21(8-6-12)16(22)10-18/h2-4,9,11-12H,5-8,10,18H2,1H3,(H,19,20). The van der Waals surface area contributed by atoms with E-state index in [-0.39, 0.29) is 12.5 Å². The molecular formula is C17H22N4O2. The topological polar surface area (TPSA) is 84.2 Å². The molecular weight excluding hydrogens is 292 g/mol. The molecule has 0 unspecified atom stereocenters. The monoisotopic (exact) mass is 314 g/mol. The van der Waals surface area contributed by atoms with Crippen molar-refractivity contribution in [3.05, 3.63) is 36.2 Å². The fourth-order valence-corrected chi connectivity index (χ4v) is 3.17. The van der Waals surface area contributed by atoms with Crippen LogP contribution in [0.1, 0.15) is 24.5 Å². The second-order valence-corrected chi connectivity index (χ2v) is 5.79. The minimum absolute atomic E-state index is 0.0288. The van der Waals surface area contributed by atoms with E-state index in [0.29, 0.717) is 5.92 Å². The quantitative estimate of drug-likeness (QED) is 0.900. The lowest BCUT2D eigenvalue weighted by Gasteiger charge is -2.31. The fraction of sp³-hybridized carbons (Fsp3) is 0.412.